The van der Waals surface area contributed by atoms with Gasteiger partial charge >= 0.3 is 0 Å². The molecule has 0 fully saturated rings. The molecule has 0 unspecified atom stereocenters. The van der Waals surface area contributed by atoms with Gasteiger partial charge in [0.15, 0.2) is 0 Å². The smallest absolute Gasteiger partial charge is 0.0487 e. The third-order valence-corrected chi connectivity index (χ3v) is 2.82. The molecule has 2 aromatic rings. The predicted molar refractivity (Wildman–Crippen MR) is 62.1 cm³/mol. The lowest BCUT2D eigenvalue weighted by molar-refractivity contribution is 0.875. The number of fused-ring (bicyclic) bond motifs is 1. The van der Waals surface area contributed by atoms with Crippen molar-refractivity contribution in [2.75, 3.05) is 0 Å². The van der Waals surface area contributed by atoms with E-state index in [1.54, 1.807) is 0 Å². The maximum atomic E-state index is 6.04. The first-order valence-corrected chi connectivity index (χ1v) is 5.24. The molecule has 2 rings (SSSR count). The van der Waals surface area contributed by atoms with Crippen molar-refractivity contribution in [1.29, 1.82) is 0 Å². The molecular weight excluding hydrogens is 194 g/mol. The first-order chi connectivity index (χ1) is 6.59. The highest BCUT2D eigenvalue weighted by molar-refractivity contribution is 6.31. The largest absolute Gasteiger partial charge is 0.361 e. The van der Waals surface area contributed by atoms with Crippen LogP contribution in [0.4, 0.5) is 0 Å². The highest BCUT2D eigenvalue weighted by atomic mass is 35.5. The Labute approximate surface area is 89.1 Å². The standard InChI is InChI=1S/C12H14ClN/c1-7(2)11-6-14-12-8(3)4-9(13)5-10(11)12/h4-7,14H,1-3H3. The minimum absolute atomic E-state index is 0.529. The van der Waals surface area contributed by atoms with Gasteiger partial charge < -0.3 is 4.98 Å². The number of aromatic amines is 1. The fourth-order valence-corrected chi connectivity index (χ4v) is 2.14. The van der Waals surface area contributed by atoms with Gasteiger partial charge in [0.2, 0.25) is 0 Å². The summed E-state index contributed by atoms with van der Waals surface area (Å²) in [5.74, 6) is 0.529. The number of aryl methyl sites for hydroxylation is 1. The fourth-order valence-electron chi connectivity index (χ4n) is 1.87. The summed E-state index contributed by atoms with van der Waals surface area (Å²) in [4.78, 5) is 3.31. The molecule has 0 aliphatic carbocycles. The number of rotatable bonds is 1. The Balaban J connectivity index is 2.78. The molecule has 2 heteroatoms. The van der Waals surface area contributed by atoms with E-state index < -0.39 is 0 Å². The van der Waals surface area contributed by atoms with Gasteiger partial charge in [0.25, 0.3) is 0 Å². The molecular formula is C12H14ClN. The Morgan fingerprint density at radius 1 is 1.29 bits per heavy atom. The Morgan fingerprint density at radius 2 is 2.00 bits per heavy atom. The summed E-state index contributed by atoms with van der Waals surface area (Å²) in [7, 11) is 0. The monoisotopic (exact) mass is 207 g/mol. The van der Waals surface area contributed by atoms with Crippen molar-refractivity contribution in [3.05, 3.63) is 34.5 Å². The molecule has 0 aliphatic heterocycles. The van der Waals surface area contributed by atoms with Crippen LogP contribution in [0.3, 0.4) is 0 Å². The van der Waals surface area contributed by atoms with E-state index in [4.69, 9.17) is 11.6 Å². The zero-order valence-corrected chi connectivity index (χ0v) is 9.44. The van der Waals surface area contributed by atoms with Crippen molar-refractivity contribution in [2.24, 2.45) is 0 Å². The average Bonchev–Trinajstić information content (AvgIpc) is 2.47. The molecule has 1 aromatic heterocycles. The molecule has 74 valence electrons. The van der Waals surface area contributed by atoms with Crippen molar-refractivity contribution >= 4 is 22.5 Å². The van der Waals surface area contributed by atoms with Crippen molar-refractivity contribution in [2.45, 2.75) is 26.7 Å². The average molecular weight is 208 g/mol. The van der Waals surface area contributed by atoms with Gasteiger partial charge in [0.05, 0.1) is 0 Å². The molecule has 1 nitrogen and oxygen atoms in total. The molecule has 0 bridgehead atoms. The van der Waals surface area contributed by atoms with Gasteiger partial charge in [-0.05, 0) is 36.1 Å². The number of hydrogen-bond donors (Lipinski definition) is 1. The Morgan fingerprint density at radius 3 is 2.64 bits per heavy atom. The molecule has 0 saturated carbocycles. The quantitative estimate of drug-likeness (QED) is 0.720. The summed E-state index contributed by atoms with van der Waals surface area (Å²) < 4.78 is 0. The molecule has 0 aliphatic rings. The number of H-pyrrole nitrogens is 1. The van der Waals surface area contributed by atoms with E-state index in [0.29, 0.717) is 5.92 Å². The number of nitrogens with one attached hydrogen (secondary N) is 1. The third-order valence-electron chi connectivity index (χ3n) is 2.61. The molecule has 1 N–H and O–H groups in total. The highest BCUT2D eigenvalue weighted by Crippen LogP contribution is 2.29. The van der Waals surface area contributed by atoms with E-state index >= 15 is 0 Å². The normalized spacial score (nSPS) is 11.5. The number of aromatic nitrogens is 1. The lowest BCUT2D eigenvalue weighted by atomic mass is 10.0. The van der Waals surface area contributed by atoms with Gasteiger partial charge in [-0.3, -0.25) is 0 Å². The zero-order chi connectivity index (χ0) is 10.3. The van der Waals surface area contributed by atoms with Crippen LogP contribution in [0, 0.1) is 6.92 Å². The SMILES string of the molecule is Cc1cc(Cl)cc2c(C(C)C)c[nH]c12. The second kappa shape index (κ2) is 3.32. The summed E-state index contributed by atoms with van der Waals surface area (Å²) >= 11 is 6.04. The van der Waals surface area contributed by atoms with Crippen LogP contribution >= 0.6 is 11.6 Å². The van der Waals surface area contributed by atoms with E-state index in [1.807, 2.05) is 12.1 Å². The van der Waals surface area contributed by atoms with E-state index in [2.05, 4.69) is 32.0 Å². The Kier molecular flexibility index (Phi) is 2.28. The fraction of sp³-hybridized carbons (Fsp3) is 0.333. The van der Waals surface area contributed by atoms with Gasteiger partial charge in [0, 0.05) is 22.1 Å². The van der Waals surface area contributed by atoms with Crippen LogP contribution in [0.1, 0.15) is 30.9 Å². The zero-order valence-electron chi connectivity index (χ0n) is 8.69. The molecule has 1 heterocycles. The maximum Gasteiger partial charge on any atom is 0.0487 e. The first kappa shape index (κ1) is 9.60. The molecule has 0 spiro atoms. The van der Waals surface area contributed by atoms with Crippen LogP contribution in [0.2, 0.25) is 5.02 Å². The van der Waals surface area contributed by atoms with E-state index in [-0.39, 0.29) is 0 Å². The maximum absolute atomic E-state index is 6.04. The van der Waals surface area contributed by atoms with E-state index in [0.717, 1.165) is 5.02 Å². The Hall–Kier alpha value is -0.950. The van der Waals surface area contributed by atoms with Crippen molar-refractivity contribution in [1.82, 2.24) is 4.98 Å². The highest BCUT2D eigenvalue weighted by Gasteiger charge is 2.09. The molecule has 0 amide bonds. The second-order valence-corrected chi connectivity index (χ2v) is 4.48. The van der Waals surface area contributed by atoms with Crippen molar-refractivity contribution in [3.8, 4) is 0 Å². The topological polar surface area (TPSA) is 15.8 Å². The summed E-state index contributed by atoms with van der Waals surface area (Å²) in [6.45, 7) is 6.46. The van der Waals surface area contributed by atoms with Crippen LogP contribution in [0.15, 0.2) is 18.3 Å². The van der Waals surface area contributed by atoms with Gasteiger partial charge in [0.1, 0.15) is 0 Å². The Bertz CT molecular complexity index is 468. The summed E-state index contributed by atoms with van der Waals surface area (Å²) in [5.41, 5.74) is 3.75. The van der Waals surface area contributed by atoms with Crippen LogP contribution in [0.5, 0.6) is 0 Å². The first-order valence-electron chi connectivity index (χ1n) is 4.86. The van der Waals surface area contributed by atoms with Gasteiger partial charge in [-0.25, -0.2) is 0 Å². The van der Waals surface area contributed by atoms with Crippen LogP contribution in [0.25, 0.3) is 10.9 Å². The molecule has 14 heavy (non-hydrogen) atoms. The second-order valence-electron chi connectivity index (χ2n) is 4.04. The number of hydrogen-bond acceptors (Lipinski definition) is 0. The van der Waals surface area contributed by atoms with E-state index in [9.17, 15) is 0 Å². The molecule has 0 radical (unpaired) electrons. The minimum Gasteiger partial charge on any atom is -0.361 e. The minimum atomic E-state index is 0.529. The molecule has 1 aromatic carbocycles. The van der Waals surface area contributed by atoms with Crippen molar-refractivity contribution in [3.63, 3.8) is 0 Å². The number of halogens is 1. The van der Waals surface area contributed by atoms with E-state index in [1.165, 1.54) is 22.0 Å². The molecule has 0 atom stereocenters. The van der Waals surface area contributed by atoms with Gasteiger partial charge in [-0.2, -0.15) is 0 Å². The molecule has 0 saturated heterocycles. The number of benzene rings is 1. The summed E-state index contributed by atoms with van der Waals surface area (Å²) in [6.07, 6.45) is 2.08. The summed E-state index contributed by atoms with van der Waals surface area (Å²) in [5, 5.41) is 2.07. The van der Waals surface area contributed by atoms with Gasteiger partial charge in [-0.15, -0.1) is 0 Å². The lowest BCUT2D eigenvalue weighted by Gasteiger charge is -2.03. The third kappa shape index (κ3) is 1.42. The van der Waals surface area contributed by atoms with Gasteiger partial charge in [-0.1, -0.05) is 25.4 Å². The van der Waals surface area contributed by atoms with Crippen molar-refractivity contribution < 1.29 is 0 Å². The van der Waals surface area contributed by atoms with Crippen LogP contribution < -0.4 is 0 Å². The predicted octanol–water partition coefficient (Wildman–Crippen LogP) is 4.25. The lowest BCUT2D eigenvalue weighted by Crippen LogP contribution is -1.84. The summed E-state index contributed by atoms with van der Waals surface area (Å²) in [6, 6.07) is 4.03. The van der Waals surface area contributed by atoms with Crippen LogP contribution in [-0.4, -0.2) is 4.98 Å². The van der Waals surface area contributed by atoms with Crippen LogP contribution in [-0.2, 0) is 0 Å².